The highest BCUT2D eigenvalue weighted by atomic mass is 79.9. The first-order valence-electron chi connectivity index (χ1n) is 8.36. The smallest absolute Gasteiger partial charge is 0.335 e. The summed E-state index contributed by atoms with van der Waals surface area (Å²) in [5.41, 5.74) is 1.64. The number of likely N-dealkylation sites (N-methyl/N-ethyl adjacent to an activating group) is 1. The van der Waals surface area contributed by atoms with Gasteiger partial charge in [0.2, 0.25) is 0 Å². The SMILES string of the molecule is CN1C(=O)C(=Cc2ccc(OCc3ccc(C(=O)O)cc3)c(Br)c2)C(=O)NC1=S. The van der Waals surface area contributed by atoms with Crippen molar-refractivity contribution < 1.29 is 24.2 Å². The molecule has 1 aliphatic heterocycles. The fourth-order valence-corrected chi connectivity index (χ4v) is 3.23. The summed E-state index contributed by atoms with van der Waals surface area (Å²) in [6.45, 7) is 0.252. The van der Waals surface area contributed by atoms with E-state index >= 15 is 0 Å². The molecule has 0 atom stereocenters. The summed E-state index contributed by atoms with van der Waals surface area (Å²) in [6.07, 6.45) is 1.48. The Labute approximate surface area is 180 Å². The van der Waals surface area contributed by atoms with Crippen LogP contribution >= 0.6 is 28.1 Å². The molecule has 0 radical (unpaired) electrons. The number of carbonyl (C=O) groups is 3. The first kappa shape index (κ1) is 20.7. The molecule has 1 fully saturated rings. The van der Waals surface area contributed by atoms with E-state index in [2.05, 4.69) is 21.2 Å². The van der Waals surface area contributed by atoms with Gasteiger partial charge in [-0.2, -0.15) is 0 Å². The normalized spacial score (nSPS) is 15.4. The number of ether oxygens (including phenoxy) is 1. The second kappa shape index (κ2) is 8.54. The fraction of sp³-hybridized carbons (Fsp3) is 0.100. The molecule has 0 bridgehead atoms. The molecule has 9 heteroatoms. The summed E-state index contributed by atoms with van der Waals surface area (Å²) < 4.78 is 6.40. The van der Waals surface area contributed by atoms with Crippen LogP contribution in [-0.4, -0.2) is 40.0 Å². The molecule has 7 nitrogen and oxygen atoms in total. The second-order valence-electron chi connectivity index (χ2n) is 6.16. The van der Waals surface area contributed by atoms with Gasteiger partial charge in [0, 0.05) is 7.05 Å². The zero-order valence-electron chi connectivity index (χ0n) is 15.1. The predicted molar refractivity (Wildman–Crippen MR) is 113 cm³/mol. The first-order chi connectivity index (χ1) is 13.8. The van der Waals surface area contributed by atoms with Crippen molar-refractivity contribution in [3.8, 4) is 5.75 Å². The second-order valence-corrected chi connectivity index (χ2v) is 7.40. The average Bonchev–Trinajstić information content (AvgIpc) is 2.69. The fourth-order valence-electron chi connectivity index (χ4n) is 2.54. The van der Waals surface area contributed by atoms with Gasteiger partial charge < -0.3 is 9.84 Å². The van der Waals surface area contributed by atoms with Crippen LogP contribution in [0.2, 0.25) is 0 Å². The summed E-state index contributed by atoms with van der Waals surface area (Å²) in [4.78, 5) is 36.4. The minimum Gasteiger partial charge on any atom is -0.488 e. The van der Waals surface area contributed by atoms with E-state index in [9.17, 15) is 14.4 Å². The first-order valence-corrected chi connectivity index (χ1v) is 9.56. The molecule has 2 N–H and O–H groups in total. The number of nitrogens with one attached hydrogen (secondary N) is 1. The topological polar surface area (TPSA) is 95.9 Å². The number of carbonyl (C=O) groups excluding carboxylic acids is 2. The molecule has 0 aromatic heterocycles. The van der Waals surface area contributed by atoms with E-state index in [1.807, 2.05) is 0 Å². The van der Waals surface area contributed by atoms with Crippen molar-refractivity contribution in [2.75, 3.05) is 7.05 Å². The van der Waals surface area contributed by atoms with Gasteiger partial charge in [0.15, 0.2) is 5.11 Å². The van der Waals surface area contributed by atoms with Crippen LogP contribution in [0.25, 0.3) is 6.08 Å². The lowest BCUT2D eigenvalue weighted by Gasteiger charge is -2.25. The van der Waals surface area contributed by atoms with Gasteiger partial charge in [0.05, 0.1) is 10.0 Å². The minimum absolute atomic E-state index is 0.0137. The molecule has 0 spiro atoms. The molecule has 3 rings (SSSR count). The van der Waals surface area contributed by atoms with Crippen molar-refractivity contribution in [2.24, 2.45) is 0 Å². The van der Waals surface area contributed by atoms with Crippen LogP contribution in [0.5, 0.6) is 5.75 Å². The van der Waals surface area contributed by atoms with Crippen molar-refractivity contribution in [3.05, 3.63) is 69.2 Å². The van der Waals surface area contributed by atoms with Gasteiger partial charge in [-0.1, -0.05) is 18.2 Å². The monoisotopic (exact) mass is 474 g/mol. The molecule has 1 saturated heterocycles. The zero-order valence-corrected chi connectivity index (χ0v) is 17.5. The van der Waals surface area contributed by atoms with E-state index in [0.29, 0.717) is 15.8 Å². The van der Waals surface area contributed by atoms with Crippen LogP contribution in [0, 0.1) is 0 Å². The number of hydrogen-bond acceptors (Lipinski definition) is 5. The lowest BCUT2D eigenvalue weighted by atomic mass is 10.1. The van der Waals surface area contributed by atoms with Gasteiger partial charge in [0.25, 0.3) is 11.8 Å². The lowest BCUT2D eigenvalue weighted by molar-refractivity contribution is -0.128. The highest BCUT2D eigenvalue weighted by molar-refractivity contribution is 9.10. The number of aromatic carboxylic acids is 1. The highest BCUT2D eigenvalue weighted by Gasteiger charge is 2.30. The number of carboxylic acids is 1. The van der Waals surface area contributed by atoms with E-state index in [0.717, 1.165) is 5.56 Å². The van der Waals surface area contributed by atoms with E-state index in [-0.39, 0.29) is 22.9 Å². The minimum atomic E-state index is -0.983. The molecular formula is C20H15BrN2O5S. The van der Waals surface area contributed by atoms with Crippen LogP contribution in [0.3, 0.4) is 0 Å². The van der Waals surface area contributed by atoms with Crippen molar-refractivity contribution >= 4 is 57.1 Å². The predicted octanol–water partition coefficient (Wildman–Crippen LogP) is 2.98. The standard InChI is InChI=1S/C20H15BrN2O5S/c1-23-18(25)14(17(24)22-20(23)29)8-12-4-7-16(15(21)9-12)28-10-11-2-5-13(6-3-11)19(26)27/h2-9H,10H2,1H3,(H,26,27)(H,22,24,29). The highest BCUT2D eigenvalue weighted by Crippen LogP contribution is 2.28. The van der Waals surface area contributed by atoms with E-state index < -0.39 is 17.8 Å². The number of halogens is 1. The van der Waals surface area contributed by atoms with Gasteiger partial charge in [-0.25, -0.2) is 4.79 Å². The van der Waals surface area contributed by atoms with E-state index in [4.69, 9.17) is 22.1 Å². The number of nitrogens with zero attached hydrogens (tertiary/aromatic N) is 1. The molecule has 1 aliphatic rings. The van der Waals surface area contributed by atoms with Gasteiger partial charge in [-0.15, -0.1) is 0 Å². The van der Waals surface area contributed by atoms with Crippen LogP contribution in [0.15, 0.2) is 52.5 Å². The third-order valence-corrected chi connectivity index (χ3v) is 5.16. The summed E-state index contributed by atoms with van der Waals surface area (Å²) in [5, 5.41) is 11.5. The Morgan fingerprint density at radius 3 is 2.55 bits per heavy atom. The van der Waals surface area contributed by atoms with Gasteiger partial charge in [0.1, 0.15) is 17.9 Å². The molecule has 148 valence electrons. The summed E-state index contributed by atoms with van der Waals surface area (Å²) >= 11 is 8.34. The average molecular weight is 475 g/mol. The summed E-state index contributed by atoms with van der Waals surface area (Å²) in [5.74, 6) is -1.44. The Hall–Kier alpha value is -3.04. The van der Waals surface area contributed by atoms with E-state index in [1.165, 1.54) is 30.2 Å². The molecular weight excluding hydrogens is 460 g/mol. The van der Waals surface area contributed by atoms with E-state index in [1.54, 1.807) is 30.3 Å². The molecule has 2 aromatic carbocycles. The van der Waals surface area contributed by atoms with Crippen LogP contribution in [0.4, 0.5) is 0 Å². The van der Waals surface area contributed by atoms with Crippen molar-refractivity contribution in [1.29, 1.82) is 0 Å². The Kier molecular flexibility index (Phi) is 6.09. The van der Waals surface area contributed by atoms with Gasteiger partial charge in [-0.3, -0.25) is 19.8 Å². The van der Waals surface area contributed by atoms with Crippen molar-refractivity contribution in [2.45, 2.75) is 6.61 Å². The number of rotatable bonds is 5. The molecule has 2 aromatic rings. The maximum atomic E-state index is 12.3. The van der Waals surface area contributed by atoms with Crippen molar-refractivity contribution in [3.63, 3.8) is 0 Å². The maximum Gasteiger partial charge on any atom is 0.335 e. The van der Waals surface area contributed by atoms with Crippen LogP contribution in [-0.2, 0) is 16.2 Å². The molecule has 0 unspecified atom stereocenters. The zero-order chi connectivity index (χ0) is 21.1. The largest absolute Gasteiger partial charge is 0.488 e. The Morgan fingerprint density at radius 2 is 1.93 bits per heavy atom. The maximum absolute atomic E-state index is 12.3. The third-order valence-electron chi connectivity index (χ3n) is 4.17. The van der Waals surface area contributed by atoms with Gasteiger partial charge >= 0.3 is 5.97 Å². The summed E-state index contributed by atoms with van der Waals surface area (Å²) in [7, 11) is 1.49. The van der Waals surface area contributed by atoms with Crippen LogP contribution < -0.4 is 10.1 Å². The lowest BCUT2D eigenvalue weighted by Crippen LogP contribution is -2.52. The number of hydrogen-bond donors (Lipinski definition) is 2. The summed E-state index contributed by atoms with van der Waals surface area (Å²) in [6, 6.07) is 11.6. The molecule has 2 amide bonds. The quantitative estimate of drug-likeness (QED) is 0.392. The molecule has 29 heavy (non-hydrogen) atoms. The number of benzene rings is 2. The van der Waals surface area contributed by atoms with Gasteiger partial charge in [-0.05, 0) is 69.6 Å². The Balaban J connectivity index is 1.73. The molecule has 0 saturated carbocycles. The Bertz CT molecular complexity index is 1050. The number of thiocarbonyl (C=S) groups is 1. The van der Waals surface area contributed by atoms with Crippen molar-refractivity contribution in [1.82, 2.24) is 10.2 Å². The number of amides is 2. The third kappa shape index (κ3) is 4.69. The van der Waals surface area contributed by atoms with Crippen LogP contribution in [0.1, 0.15) is 21.5 Å². The molecule has 0 aliphatic carbocycles. The number of carboxylic acid groups (broad SMARTS) is 1. The molecule has 1 heterocycles. The Morgan fingerprint density at radius 1 is 1.24 bits per heavy atom.